The Labute approximate surface area is 237 Å². The first-order valence-electron chi connectivity index (χ1n) is 13.7. The van der Waals surface area contributed by atoms with Crippen molar-refractivity contribution in [3.05, 3.63) is 137 Å². The number of amides is 1. The minimum atomic E-state index is -4.41. The van der Waals surface area contributed by atoms with E-state index in [2.05, 4.69) is 53.1 Å². The van der Waals surface area contributed by atoms with Gasteiger partial charge in [-0.2, -0.15) is 13.2 Å². The molecule has 0 fully saturated rings. The molecule has 1 aliphatic rings. The van der Waals surface area contributed by atoms with Crippen LogP contribution in [0.15, 0.2) is 103 Å². The zero-order valence-corrected chi connectivity index (χ0v) is 22.6. The Morgan fingerprint density at radius 2 is 1.56 bits per heavy atom. The molecule has 0 radical (unpaired) electrons. The highest BCUT2D eigenvalue weighted by Crippen LogP contribution is 2.34. The Morgan fingerprint density at radius 3 is 2.34 bits per heavy atom. The molecule has 206 valence electrons. The molecule has 41 heavy (non-hydrogen) atoms. The summed E-state index contributed by atoms with van der Waals surface area (Å²) in [6.07, 6.45) is -2.62. The molecule has 6 heteroatoms. The van der Waals surface area contributed by atoms with Crippen LogP contribution in [0.3, 0.4) is 0 Å². The van der Waals surface area contributed by atoms with Crippen LogP contribution >= 0.6 is 0 Å². The minimum absolute atomic E-state index is 0.299. The van der Waals surface area contributed by atoms with Crippen molar-refractivity contribution in [1.29, 1.82) is 0 Å². The summed E-state index contributed by atoms with van der Waals surface area (Å²) in [7, 11) is 0. The number of hydrogen-bond donors (Lipinski definition) is 2. The lowest BCUT2D eigenvalue weighted by Gasteiger charge is -2.15. The molecule has 1 amide bonds. The lowest BCUT2D eigenvalue weighted by molar-refractivity contribution is -0.137. The van der Waals surface area contributed by atoms with E-state index in [4.69, 9.17) is 0 Å². The maximum atomic E-state index is 13.4. The fraction of sp³-hybridized carbons (Fsp3) is 0.171. The van der Waals surface area contributed by atoms with Crippen LogP contribution in [-0.2, 0) is 25.6 Å². The third-order valence-electron chi connectivity index (χ3n) is 7.82. The molecule has 5 aromatic carbocycles. The molecule has 0 aromatic heterocycles. The number of anilines is 1. The Balaban J connectivity index is 1.14. The van der Waals surface area contributed by atoms with Gasteiger partial charge in [0.15, 0.2) is 0 Å². The molecule has 1 atom stereocenters. The monoisotopic (exact) mass is 550 g/mol. The van der Waals surface area contributed by atoms with Gasteiger partial charge in [0.05, 0.1) is 5.56 Å². The van der Waals surface area contributed by atoms with Crippen molar-refractivity contribution in [2.45, 2.75) is 38.5 Å². The average molecular weight is 551 g/mol. The molecular formula is C35H29F3N2O. The minimum Gasteiger partial charge on any atom is -0.322 e. The third kappa shape index (κ3) is 5.74. The number of carbonyl (C=O) groups is 1. The highest BCUT2D eigenvalue weighted by molar-refractivity contribution is 6.09. The third-order valence-corrected chi connectivity index (χ3v) is 7.82. The van der Waals surface area contributed by atoms with E-state index in [-0.39, 0.29) is 5.91 Å². The summed E-state index contributed by atoms with van der Waals surface area (Å²) in [5, 5.41) is 9.16. The van der Waals surface area contributed by atoms with Gasteiger partial charge in [0.2, 0.25) is 0 Å². The van der Waals surface area contributed by atoms with E-state index in [1.807, 2.05) is 31.2 Å². The number of fused-ring (bicyclic) bond motifs is 2. The van der Waals surface area contributed by atoms with Gasteiger partial charge in [-0.25, -0.2) is 0 Å². The second kappa shape index (κ2) is 10.9. The number of aryl methyl sites for hydroxylation is 1. The van der Waals surface area contributed by atoms with E-state index in [1.165, 1.54) is 39.6 Å². The molecule has 1 aliphatic carbocycles. The molecule has 3 nitrogen and oxygen atoms in total. The smallest absolute Gasteiger partial charge is 0.322 e. The Morgan fingerprint density at radius 1 is 0.805 bits per heavy atom. The summed E-state index contributed by atoms with van der Waals surface area (Å²) >= 11 is 0. The molecule has 5 aromatic rings. The molecule has 0 bridgehead atoms. The van der Waals surface area contributed by atoms with Crippen molar-refractivity contribution >= 4 is 22.4 Å². The zero-order valence-electron chi connectivity index (χ0n) is 22.6. The number of rotatable bonds is 6. The van der Waals surface area contributed by atoms with Crippen LogP contribution < -0.4 is 10.6 Å². The number of halogens is 3. The van der Waals surface area contributed by atoms with E-state index in [0.29, 0.717) is 28.4 Å². The average Bonchev–Trinajstić information content (AvgIpc) is 3.38. The standard InChI is InChI=1S/C35H29F3N2O/c1-22-5-4-8-32(33(22)25-11-14-29(15-12-25)35(36,37)38)34(41)40-30-16-13-27-18-31(20-28(27)19-30)39-21-23-9-10-24-6-2-3-7-26(24)17-23/h2-17,19,31,39H,18,20-21H2,1H3,(H,40,41). The fourth-order valence-electron chi connectivity index (χ4n) is 5.72. The molecule has 2 N–H and O–H groups in total. The van der Waals surface area contributed by atoms with Crippen molar-refractivity contribution < 1.29 is 18.0 Å². The predicted octanol–water partition coefficient (Wildman–Crippen LogP) is 8.34. The van der Waals surface area contributed by atoms with Crippen molar-refractivity contribution in [2.24, 2.45) is 0 Å². The van der Waals surface area contributed by atoms with Crippen LogP contribution in [0.25, 0.3) is 21.9 Å². The van der Waals surface area contributed by atoms with Crippen molar-refractivity contribution in [2.75, 3.05) is 5.32 Å². The largest absolute Gasteiger partial charge is 0.416 e. The lowest BCUT2D eigenvalue weighted by Crippen LogP contribution is -2.28. The van der Waals surface area contributed by atoms with Crippen molar-refractivity contribution in [3.8, 4) is 11.1 Å². The van der Waals surface area contributed by atoms with E-state index in [1.54, 1.807) is 12.1 Å². The maximum Gasteiger partial charge on any atom is 0.416 e. The Kier molecular flexibility index (Phi) is 7.10. The van der Waals surface area contributed by atoms with Crippen molar-refractivity contribution in [1.82, 2.24) is 5.32 Å². The van der Waals surface area contributed by atoms with Crippen LogP contribution in [0.4, 0.5) is 18.9 Å². The van der Waals surface area contributed by atoms with Gasteiger partial charge >= 0.3 is 6.18 Å². The molecule has 0 aliphatic heterocycles. The predicted molar refractivity (Wildman–Crippen MR) is 158 cm³/mol. The molecule has 0 spiro atoms. The molecule has 0 saturated carbocycles. The van der Waals surface area contributed by atoms with Crippen LogP contribution in [-0.4, -0.2) is 11.9 Å². The Hall–Kier alpha value is -4.42. The second-order valence-corrected chi connectivity index (χ2v) is 10.7. The molecule has 1 unspecified atom stereocenters. The van der Waals surface area contributed by atoms with E-state index < -0.39 is 11.7 Å². The highest BCUT2D eigenvalue weighted by Gasteiger charge is 2.30. The number of hydrogen-bond acceptors (Lipinski definition) is 2. The van der Waals surface area contributed by atoms with Gasteiger partial charge in [0.1, 0.15) is 0 Å². The van der Waals surface area contributed by atoms with Crippen LogP contribution in [0.5, 0.6) is 0 Å². The molecule has 0 heterocycles. The first-order valence-corrected chi connectivity index (χ1v) is 13.7. The maximum absolute atomic E-state index is 13.4. The topological polar surface area (TPSA) is 41.1 Å². The highest BCUT2D eigenvalue weighted by atomic mass is 19.4. The van der Waals surface area contributed by atoms with E-state index in [0.717, 1.165) is 37.1 Å². The van der Waals surface area contributed by atoms with E-state index in [9.17, 15) is 18.0 Å². The number of nitrogens with one attached hydrogen (secondary N) is 2. The van der Waals surface area contributed by atoms with Gasteiger partial charge in [0.25, 0.3) is 5.91 Å². The summed E-state index contributed by atoms with van der Waals surface area (Å²) in [6, 6.07) is 31.5. The number of benzene rings is 5. The zero-order chi connectivity index (χ0) is 28.6. The number of alkyl halides is 3. The first-order chi connectivity index (χ1) is 19.7. The lowest BCUT2D eigenvalue weighted by atomic mass is 9.93. The number of carbonyl (C=O) groups excluding carboxylic acids is 1. The van der Waals surface area contributed by atoms with Gasteiger partial charge in [-0.1, -0.05) is 66.7 Å². The molecule has 0 saturated heterocycles. The van der Waals surface area contributed by atoms with E-state index >= 15 is 0 Å². The van der Waals surface area contributed by atoms with Gasteiger partial charge in [-0.3, -0.25) is 4.79 Å². The summed E-state index contributed by atoms with van der Waals surface area (Å²) in [4.78, 5) is 13.4. The summed E-state index contributed by atoms with van der Waals surface area (Å²) in [5.74, 6) is -0.299. The summed E-state index contributed by atoms with van der Waals surface area (Å²) in [5.41, 5.74) is 6.11. The quantitative estimate of drug-likeness (QED) is 0.223. The molecular weight excluding hydrogens is 521 g/mol. The van der Waals surface area contributed by atoms with Crippen LogP contribution in [0, 0.1) is 6.92 Å². The first kappa shape index (κ1) is 26.8. The Bertz CT molecular complexity index is 1740. The van der Waals surface area contributed by atoms with Gasteiger partial charge in [-0.15, -0.1) is 0 Å². The van der Waals surface area contributed by atoms with Gasteiger partial charge < -0.3 is 10.6 Å². The van der Waals surface area contributed by atoms with Crippen molar-refractivity contribution in [3.63, 3.8) is 0 Å². The normalized spacial score (nSPS) is 14.7. The van der Waals surface area contributed by atoms with Crippen LogP contribution in [0.1, 0.15) is 38.2 Å². The SMILES string of the molecule is Cc1cccc(C(=O)Nc2ccc3c(c2)CC(NCc2ccc4ccccc4c2)C3)c1-c1ccc(C(F)(F)F)cc1. The summed E-state index contributed by atoms with van der Waals surface area (Å²) < 4.78 is 39.2. The second-order valence-electron chi connectivity index (χ2n) is 10.7. The van der Waals surface area contributed by atoms with Gasteiger partial charge in [-0.05, 0) is 100 Å². The van der Waals surface area contributed by atoms with Gasteiger partial charge in [0, 0.05) is 23.8 Å². The van der Waals surface area contributed by atoms with Crippen LogP contribution in [0.2, 0.25) is 0 Å². The fourth-order valence-corrected chi connectivity index (χ4v) is 5.72. The summed E-state index contributed by atoms with van der Waals surface area (Å²) in [6.45, 7) is 2.64. The molecule has 6 rings (SSSR count).